The lowest BCUT2D eigenvalue weighted by Crippen LogP contribution is -2.50. The Balaban J connectivity index is 1.34. The Morgan fingerprint density at radius 3 is 2.42 bits per heavy atom. The highest BCUT2D eigenvalue weighted by Gasteiger charge is 2.24. The minimum atomic E-state index is -0.718. The van der Waals surface area contributed by atoms with E-state index < -0.39 is 5.97 Å². The van der Waals surface area contributed by atoms with Crippen molar-refractivity contribution in [1.29, 1.82) is 0 Å². The monoisotopic (exact) mass is 420 g/mol. The lowest BCUT2D eigenvalue weighted by molar-refractivity contribution is -0.134. The molecule has 31 heavy (non-hydrogen) atoms. The minimum Gasteiger partial charge on any atom is -0.506 e. The van der Waals surface area contributed by atoms with Crippen molar-refractivity contribution in [3.05, 3.63) is 66.2 Å². The molecule has 160 valence electrons. The van der Waals surface area contributed by atoms with E-state index in [1.807, 2.05) is 36.4 Å². The number of esters is 1. The maximum absolute atomic E-state index is 12.5. The number of hydrogen-bond donors (Lipinski definition) is 1. The van der Waals surface area contributed by atoms with Crippen molar-refractivity contribution in [2.24, 2.45) is 0 Å². The number of nitrogens with zero attached hydrogens (tertiary/aromatic N) is 2. The molecule has 1 aliphatic heterocycles. The highest BCUT2D eigenvalue weighted by atomic mass is 16.5. The summed E-state index contributed by atoms with van der Waals surface area (Å²) >= 11 is 0. The molecule has 0 aromatic heterocycles. The van der Waals surface area contributed by atoms with Crippen LogP contribution in [-0.4, -0.2) is 61.8 Å². The van der Waals surface area contributed by atoms with Crippen LogP contribution in [0.4, 0.5) is 5.69 Å². The zero-order valence-corrected chi connectivity index (χ0v) is 17.3. The van der Waals surface area contributed by atoms with Gasteiger partial charge in [-0.05, 0) is 23.6 Å². The second-order valence-corrected chi connectivity index (χ2v) is 7.30. The number of piperazine rings is 1. The molecule has 0 saturated carbocycles. The first-order valence-electron chi connectivity index (χ1n) is 10.1. The Morgan fingerprint density at radius 1 is 0.935 bits per heavy atom. The van der Waals surface area contributed by atoms with Crippen molar-refractivity contribution in [2.75, 3.05) is 44.8 Å². The number of anilines is 1. The fourth-order valence-electron chi connectivity index (χ4n) is 3.80. The van der Waals surface area contributed by atoms with Gasteiger partial charge in [-0.1, -0.05) is 42.5 Å². The summed E-state index contributed by atoms with van der Waals surface area (Å²) in [5.74, 6) is -0.315. The van der Waals surface area contributed by atoms with Gasteiger partial charge in [-0.3, -0.25) is 4.79 Å². The number of carbonyl (C=O) groups is 2. The van der Waals surface area contributed by atoms with Gasteiger partial charge in [0.05, 0.1) is 12.8 Å². The number of para-hydroxylation sites is 2. The second kappa shape index (κ2) is 8.95. The van der Waals surface area contributed by atoms with Crippen LogP contribution in [0.1, 0.15) is 10.4 Å². The molecular formula is C24H24N2O5. The van der Waals surface area contributed by atoms with Gasteiger partial charge in [0.15, 0.2) is 6.61 Å². The Kier molecular flexibility index (Phi) is 5.93. The first kappa shape index (κ1) is 20.5. The summed E-state index contributed by atoms with van der Waals surface area (Å²) in [6, 6.07) is 18.2. The minimum absolute atomic E-state index is 0.0486. The average Bonchev–Trinajstić information content (AvgIpc) is 2.82. The topological polar surface area (TPSA) is 79.3 Å². The molecule has 1 heterocycles. The van der Waals surface area contributed by atoms with E-state index in [4.69, 9.17) is 9.47 Å². The first-order valence-corrected chi connectivity index (χ1v) is 10.1. The van der Waals surface area contributed by atoms with Crippen molar-refractivity contribution < 1.29 is 24.2 Å². The van der Waals surface area contributed by atoms with E-state index >= 15 is 0 Å². The third kappa shape index (κ3) is 4.26. The molecular weight excluding hydrogens is 396 g/mol. The van der Waals surface area contributed by atoms with Crippen molar-refractivity contribution in [2.45, 2.75) is 0 Å². The zero-order valence-electron chi connectivity index (χ0n) is 17.3. The van der Waals surface area contributed by atoms with E-state index in [1.165, 1.54) is 6.07 Å². The first-order chi connectivity index (χ1) is 15.1. The molecule has 4 rings (SSSR count). The van der Waals surface area contributed by atoms with Gasteiger partial charge in [-0.2, -0.15) is 0 Å². The summed E-state index contributed by atoms with van der Waals surface area (Å²) in [5.41, 5.74) is 1.04. The predicted molar refractivity (Wildman–Crippen MR) is 118 cm³/mol. The number of ether oxygens (including phenoxy) is 2. The van der Waals surface area contributed by atoms with E-state index in [2.05, 4.69) is 4.90 Å². The van der Waals surface area contributed by atoms with Gasteiger partial charge >= 0.3 is 5.97 Å². The number of carbonyl (C=O) groups excluding carboxylic acids is 2. The molecule has 1 N–H and O–H groups in total. The highest BCUT2D eigenvalue weighted by molar-refractivity contribution is 6.01. The number of hydrogen-bond acceptors (Lipinski definition) is 6. The number of phenolic OH excluding ortho intramolecular Hbond substituents is 1. The molecule has 0 aliphatic carbocycles. The van der Waals surface area contributed by atoms with Crippen LogP contribution in [0, 0.1) is 0 Å². The smallest absolute Gasteiger partial charge is 0.342 e. The summed E-state index contributed by atoms with van der Waals surface area (Å²) in [6.45, 7) is 2.00. The van der Waals surface area contributed by atoms with Crippen LogP contribution in [0.25, 0.3) is 10.8 Å². The van der Waals surface area contributed by atoms with Gasteiger partial charge in [0.25, 0.3) is 5.91 Å². The fraction of sp³-hybridized carbons (Fsp3) is 0.250. The molecule has 0 unspecified atom stereocenters. The molecule has 1 saturated heterocycles. The van der Waals surface area contributed by atoms with Crippen molar-refractivity contribution in [1.82, 2.24) is 4.90 Å². The van der Waals surface area contributed by atoms with E-state index in [0.717, 1.165) is 16.8 Å². The van der Waals surface area contributed by atoms with Gasteiger partial charge in [-0.25, -0.2) is 4.79 Å². The molecule has 1 amide bonds. The van der Waals surface area contributed by atoms with E-state index in [1.54, 1.807) is 30.2 Å². The van der Waals surface area contributed by atoms with Gasteiger partial charge < -0.3 is 24.4 Å². The van der Waals surface area contributed by atoms with Crippen molar-refractivity contribution >= 4 is 28.3 Å². The maximum atomic E-state index is 12.5. The largest absolute Gasteiger partial charge is 0.506 e. The summed E-state index contributed by atoms with van der Waals surface area (Å²) in [6.07, 6.45) is 0. The van der Waals surface area contributed by atoms with Gasteiger partial charge in [-0.15, -0.1) is 0 Å². The molecule has 0 atom stereocenters. The normalized spacial score (nSPS) is 13.8. The molecule has 1 aliphatic rings. The summed E-state index contributed by atoms with van der Waals surface area (Å²) in [7, 11) is 1.64. The number of rotatable bonds is 5. The zero-order chi connectivity index (χ0) is 21.8. The fourth-order valence-corrected chi connectivity index (χ4v) is 3.80. The molecule has 7 heteroatoms. The third-order valence-corrected chi connectivity index (χ3v) is 5.51. The number of aromatic hydroxyl groups is 1. The van der Waals surface area contributed by atoms with Crippen molar-refractivity contribution in [3.63, 3.8) is 0 Å². The summed E-state index contributed by atoms with van der Waals surface area (Å²) in [4.78, 5) is 28.8. The van der Waals surface area contributed by atoms with Gasteiger partial charge in [0.2, 0.25) is 0 Å². The number of benzene rings is 3. The Bertz CT molecular complexity index is 1110. The maximum Gasteiger partial charge on any atom is 0.342 e. The highest BCUT2D eigenvalue weighted by Crippen LogP contribution is 2.30. The van der Waals surface area contributed by atoms with Crippen LogP contribution in [0.5, 0.6) is 11.5 Å². The van der Waals surface area contributed by atoms with Crippen LogP contribution in [0.2, 0.25) is 0 Å². The lowest BCUT2D eigenvalue weighted by Gasteiger charge is -2.36. The van der Waals surface area contributed by atoms with Crippen LogP contribution in [0.3, 0.4) is 0 Å². The van der Waals surface area contributed by atoms with Gasteiger partial charge in [0.1, 0.15) is 17.1 Å². The Hall–Kier alpha value is -3.74. The third-order valence-electron chi connectivity index (χ3n) is 5.51. The standard InChI is InChI=1S/C24H24N2O5/c1-30-21-9-5-4-8-20(21)25-12-14-26(15-13-25)22(27)16-31-24(29)19-11-10-17-6-2-3-7-18(17)23(19)28/h2-11,28H,12-16H2,1H3. The van der Waals surface area contributed by atoms with E-state index in [-0.39, 0.29) is 23.8 Å². The lowest BCUT2D eigenvalue weighted by atomic mass is 10.1. The average molecular weight is 420 g/mol. The SMILES string of the molecule is COc1ccccc1N1CCN(C(=O)COC(=O)c2ccc3ccccc3c2O)CC1. The Morgan fingerprint density at radius 2 is 1.65 bits per heavy atom. The van der Waals surface area contributed by atoms with Crippen LogP contribution in [-0.2, 0) is 9.53 Å². The van der Waals surface area contributed by atoms with E-state index in [9.17, 15) is 14.7 Å². The molecule has 1 fully saturated rings. The molecule has 0 radical (unpaired) electrons. The summed E-state index contributed by atoms with van der Waals surface area (Å²) < 4.78 is 10.6. The molecule has 3 aromatic carbocycles. The van der Waals surface area contributed by atoms with E-state index in [0.29, 0.717) is 31.6 Å². The molecule has 0 bridgehead atoms. The Labute approximate surface area is 180 Å². The number of amides is 1. The predicted octanol–water partition coefficient (Wildman–Crippen LogP) is 3.06. The second-order valence-electron chi connectivity index (χ2n) is 7.30. The number of fused-ring (bicyclic) bond motifs is 1. The van der Waals surface area contributed by atoms with Gasteiger partial charge in [0, 0.05) is 31.6 Å². The quantitative estimate of drug-likeness (QED) is 0.639. The molecule has 3 aromatic rings. The molecule has 7 nitrogen and oxygen atoms in total. The van der Waals surface area contributed by atoms with Crippen LogP contribution < -0.4 is 9.64 Å². The summed E-state index contributed by atoms with van der Waals surface area (Å²) in [5, 5.41) is 11.8. The van der Waals surface area contributed by atoms with Crippen LogP contribution in [0.15, 0.2) is 60.7 Å². The number of methoxy groups -OCH3 is 1. The molecule has 0 spiro atoms. The number of phenols is 1. The van der Waals surface area contributed by atoms with Crippen LogP contribution >= 0.6 is 0 Å². The van der Waals surface area contributed by atoms with Crippen molar-refractivity contribution in [3.8, 4) is 11.5 Å².